The van der Waals surface area contributed by atoms with Crippen molar-refractivity contribution in [3.63, 3.8) is 0 Å². The molecule has 2 saturated carbocycles. The Balaban J connectivity index is 1.24. The van der Waals surface area contributed by atoms with E-state index in [2.05, 4.69) is 15.4 Å². The fraction of sp³-hybridized carbons (Fsp3) is 0.537. The molecule has 17 heteroatoms. The second kappa shape index (κ2) is 15.3. The van der Waals surface area contributed by atoms with Crippen LogP contribution < -0.4 is 20.1 Å². The standard InChI is InChI=1S/C41H48F3N5O8S/c1-23-11-5-6-12-25-21-40(25,37(52)48-58(54,55)27-17-18-27)47-34(50)32-20-26(56-35-30-15-8-7-13-28(30)29-14-9-10-16-31(29)45-35)22-49(32)36(51)33(24(2)19-23)46-38(53)57-39(3,4)41(42,43)44/h6-10,12-16,23-27,32-33H,5,11,17-22H2,1-4H3,(H,46,53)(H,47,50)(H,48,52)/b12-6-/t23-,24-,25-,26-,32+,33+,40-/m1/s1. The van der Waals surface area contributed by atoms with Crippen LogP contribution >= 0.6 is 0 Å². The fourth-order valence-corrected chi connectivity index (χ4v) is 9.43. The number of aromatic nitrogens is 1. The van der Waals surface area contributed by atoms with Crippen molar-refractivity contribution in [3.8, 4) is 5.88 Å². The summed E-state index contributed by atoms with van der Waals surface area (Å²) in [5, 5.41) is 6.93. The Morgan fingerprint density at radius 2 is 1.64 bits per heavy atom. The number of allylic oxidation sites excluding steroid dienone is 1. The molecular weight excluding hydrogens is 780 g/mol. The van der Waals surface area contributed by atoms with E-state index in [9.17, 15) is 40.8 Å². The number of para-hydroxylation sites is 1. The van der Waals surface area contributed by atoms with Gasteiger partial charge in [-0.15, -0.1) is 0 Å². The molecule has 0 radical (unpaired) electrons. The number of carbonyl (C=O) groups is 4. The monoisotopic (exact) mass is 827 g/mol. The van der Waals surface area contributed by atoms with Crippen LogP contribution in [0.2, 0.25) is 0 Å². The molecule has 58 heavy (non-hydrogen) atoms. The Labute approximate surface area is 334 Å². The maximum absolute atomic E-state index is 14.8. The molecule has 7 atom stereocenters. The number of pyridine rings is 1. The number of sulfonamides is 1. The highest BCUT2D eigenvalue weighted by atomic mass is 32.2. The van der Waals surface area contributed by atoms with Gasteiger partial charge in [0.15, 0.2) is 0 Å². The van der Waals surface area contributed by atoms with Gasteiger partial charge in [0.25, 0.3) is 5.91 Å². The number of hydrogen-bond acceptors (Lipinski definition) is 9. The Hall–Kier alpha value is -4.93. The maximum Gasteiger partial charge on any atom is 0.427 e. The summed E-state index contributed by atoms with van der Waals surface area (Å²) < 4.78 is 80.6. The SMILES string of the molecule is C[C@@H]1CC/C=C\[C@@H]2C[C@@]2(C(=O)NS(=O)(=O)C2CC2)NC(=O)[C@@H]2C[C@@H](Oc3nc4ccccc4c4ccccc34)CN2C(=O)[C@@H](NC(=O)OC(C)(C)C(F)(F)F)[C@H](C)C1. The second-order valence-electron chi connectivity index (χ2n) is 16.8. The van der Waals surface area contributed by atoms with Crippen LogP contribution in [0.3, 0.4) is 0 Å². The normalized spacial score (nSPS) is 29.0. The summed E-state index contributed by atoms with van der Waals surface area (Å²) in [6.45, 7) is 4.85. The zero-order chi connectivity index (χ0) is 41.8. The van der Waals surface area contributed by atoms with Gasteiger partial charge in [-0.3, -0.25) is 19.1 Å². The molecule has 3 fully saturated rings. The molecule has 0 spiro atoms. The lowest BCUT2D eigenvalue weighted by atomic mass is 9.88. The first-order valence-corrected chi connectivity index (χ1v) is 21.2. The zero-order valence-electron chi connectivity index (χ0n) is 32.7. The first kappa shape index (κ1) is 41.2. The first-order chi connectivity index (χ1) is 27.3. The average Bonchev–Trinajstić information content (AvgIpc) is 4.08. The van der Waals surface area contributed by atoms with E-state index in [4.69, 9.17) is 14.5 Å². The van der Waals surface area contributed by atoms with Crippen LogP contribution in [-0.2, 0) is 29.1 Å². The Morgan fingerprint density at radius 3 is 2.33 bits per heavy atom. The molecule has 4 amide bonds. The van der Waals surface area contributed by atoms with Crippen LogP contribution in [0.5, 0.6) is 5.88 Å². The van der Waals surface area contributed by atoms with Gasteiger partial charge in [0, 0.05) is 23.1 Å². The van der Waals surface area contributed by atoms with Crippen LogP contribution in [0.1, 0.15) is 72.6 Å². The molecule has 3 heterocycles. The molecule has 4 aliphatic rings. The summed E-state index contributed by atoms with van der Waals surface area (Å²) in [4.78, 5) is 62.3. The van der Waals surface area contributed by atoms with Crippen LogP contribution in [0, 0.1) is 17.8 Å². The van der Waals surface area contributed by atoms with Crippen molar-refractivity contribution in [2.75, 3.05) is 6.54 Å². The van der Waals surface area contributed by atoms with Crippen LogP contribution in [0.15, 0.2) is 60.7 Å². The first-order valence-electron chi connectivity index (χ1n) is 19.7. The molecular formula is C41H48F3N5O8S. The topological polar surface area (TPSA) is 173 Å². The molecule has 1 aromatic heterocycles. The minimum atomic E-state index is -4.91. The number of nitrogens with one attached hydrogen (secondary N) is 3. The van der Waals surface area contributed by atoms with Gasteiger partial charge >= 0.3 is 12.3 Å². The van der Waals surface area contributed by atoms with E-state index >= 15 is 0 Å². The average molecular weight is 828 g/mol. The second-order valence-corrected chi connectivity index (χ2v) is 18.7. The van der Waals surface area contributed by atoms with Crippen molar-refractivity contribution in [2.24, 2.45) is 17.8 Å². The molecule has 3 N–H and O–H groups in total. The van der Waals surface area contributed by atoms with Crippen LogP contribution in [-0.4, -0.2) is 89.4 Å². The van der Waals surface area contributed by atoms with E-state index < -0.39 is 86.4 Å². The van der Waals surface area contributed by atoms with Crippen molar-refractivity contribution in [1.29, 1.82) is 0 Å². The predicted molar refractivity (Wildman–Crippen MR) is 208 cm³/mol. The minimum absolute atomic E-state index is 0.0297. The molecule has 1 saturated heterocycles. The number of hydrogen-bond donors (Lipinski definition) is 3. The lowest BCUT2D eigenvalue weighted by molar-refractivity contribution is -0.244. The maximum atomic E-state index is 14.8. The summed E-state index contributed by atoms with van der Waals surface area (Å²) in [7, 11) is -3.98. The third kappa shape index (κ3) is 8.32. The van der Waals surface area contributed by atoms with Crippen molar-refractivity contribution < 1.29 is 50.2 Å². The van der Waals surface area contributed by atoms with Gasteiger partial charge < -0.3 is 25.0 Å². The van der Waals surface area contributed by atoms with E-state index in [1.807, 2.05) is 61.5 Å². The summed E-state index contributed by atoms with van der Waals surface area (Å²) >= 11 is 0. The number of halogens is 3. The minimum Gasteiger partial charge on any atom is -0.472 e. The van der Waals surface area contributed by atoms with Gasteiger partial charge in [0.2, 0.25) is 33.3 Å². The van der Waals surface area contributed by atoms with Gasteiger partial charge in [0.05, 0.1) is 17.3 Å². The summed E-state index contributed by atoms with van der Waals surface area (Å²) in [6, 6.07) is 12.2. The molecule has 312 valence electrons. The molecule has 2 aliphatic carbocycles. The zero-order valence-corrected chi connectivity index (χ0v) is 33.5. The summed E-state index contributed by atoms with van der Waals surface area (Å²) in [5.74, 6) is -3.35. The molecule has 7 rings (SSSR count). The van der Waals surface area contributed by atoms with Crippen molar-refractivity contribution in [3.05, 3.63) is 60.7 Å². The predicted octanol–water partition coefficient (Wildman–Crippen LogP) is 5.67. The number of alkyl halides is 3. The number of carbonyl (C=O) groups excluding carboxylic acids is 4. The number of nitrogens with zero attached hydrogens (tertiary/aromatic N) is 2. The highest BCUT2D eigenvalue weighted by Gasteiger charge is 2.62. The lowest BCUT2D eigenvalue weighted by Gasteiger charge is -2.34. The van der Waals surface area contributed by atoms with Crippen molar-refractivity contribution in [1.82, 2.24) is 25.2 Å². The molecule has 2 aliphatic heterocycles. The number of benzene rings is 2. The fourth-order valence-electron chi connectivity index (χ4n) is 8.06. The number of ether oxygens (including phenoxy) is 2. The van der Waals surface area contributed by atoms with Gasteiger partial charge in [0.1, 0.15) is 23.7 Å². The Bertz CT molecular complexity index is 2260. The lowest BCUT2D eigenvalue weighted by Crippen LogP contribution is -2.59. The summed E-state index contributed by atoms with van der Waals surface area (Å²) in [5.41, 5.74) is -3.86. The van der Waals surface area contributed by atoms with Gasteiger partial charge in [-0.2, -0.15) is 13.2 Å². The number of fused-ring (bicyclic) bond motifs is 5. The van der Waals surface area contributed by atoms with Crippen LogP contribution in [0.25, 0.3) is 21.7 Å². The van der Waals surface area contributed by atoms with Crippen molar-refractivity contribution in [2.45, 2.75) is 113 Å². The Morgan fingerprint density at radius 1 is 0.966 bits per heavy atom. The van der Waals surface area contributed by atoms with E-state index in [-0.39, 0.29) is 31.2 Å². The van der Waals surface area contributed by atoms with E-state index in [0.717, 1.165) is 10.8 Å². The quantitative estimate of drug-likeness (QED) is 0.201. The van der Waals surface area contributed by atoms with Gasteiger partial charge in [-0.25, -0.2) is 18.2 Å². The molecule has 0 bridgehead atoms. The smallest absolute Gasteiger partial charge is 0.427 e. The largest absolute Gasteiger partial charge is 0.472 e. The number of rotatable bonds is 7. The number of alkyl carbamates (subject to hydrolysis) is 1. The van der Waals surface area contributed by atoms with Gasteiger partial charge in [-0.05, 0) is 81.7 Å². The third-order valence-corrected chi connectivity index (χ3v) is 13.6. The highest BCUT2D eigenvalue weighted by molar-refractivity contribution is 7.91. The molecule has 3 aromatic rings. The van der Waals surface area contributed by atoms with Crippen molar-refractivity contribution >= 4 is 55.5 Å². The van der Waals surface area contributed by atoms with E-state index in [1.165, 1.54) is 4.90 Å². The van der Waals surface area contributed by atoms with E-state index in [1.54, 1.807) is 13.0 Å². The van der Waals surface area contributed by atoms with E-state index in [0.29, 0.717) is 56.9 Å². The van der Waals surface area contributed by atoms with Gasteiger partial charge in [-0.1, -0.05) is 62.4 Å². The molecule has 13 nitrogen and oxygen atoms in total. The third-order valence-electron chi connectivity index (χ3n) is 11.8. The highest BCUT2D eigenvalue weighted by Crippen LogP contribution is 2.46. The molecule has 2 aromatic carbocycles. The number of amides is 4. The van der Waals surface area contributed by atoms with Crippen LogP contribution in [0.4, 0.5) is 18.0 Å². The molecule has 0 unspecified atom stereocenters. The Kier molecular flexibility index (Phi) is 10.9. The summed E-state index contributed by atoms with van der Waals surface area (Å²) in [6.07, 6.45) is -1.16.